The predicted molar refractivity (Wildman–Crippen MR) is 54.6 cm³/mol. The zero-order chi connectivity index (χ0) is 9.40. The van der Waals surface area contributed by atoms with Crippen molar-refractivity contribution in [3.8, 4) is 0 Å². The van der Waals surface area contributed by atoms with Crippen molar-refractivity contribution in [1.29, 1.82) is 0 Å². The van der Waals surface area contributed by atoms with Gasteiger partial charge < -0.3 is 5.73 Å². The predicted octanol–water partition coefficient (Wildman–Crippen LogP) is 2.69. The van der Waals surface area contributed by atoms with E-state index in [2.05, 4.69) is 18.9 Å². The van der Waals surface area contributed by atoms with Crippen LogP contribution in [0.2, 0.25) is 0 Å². The van der Waals surface area contributed by atoms with Crippen LogP contribution in [0.25, 0.3) is 0 Å². The van der Waals surface area contributed by atoms with E-state index >= 15 is 0 Å². The first-order valence-corrected chi connectivity index (χ1v) is 3.81. The Kier molecular flexibility index (Phi) is 5.50. The van der Waals surface area contributed by atoms with E-state index in [1.54, 1.807) is 6.08 Å². The Labute approximate surface area is 74.3 Å². The lowest BCUT2D eigenvalue weighted by Crippen LogP contribution is -1.87. The molecule has 0 amide bonds. The first kappa shape index (κ1) is 10.5. The molecule has 0 rings (SSSR count). The van der Waals surface area contributed by atoms with E-state index < -0.39 is 0 Å². The topological polar surface area (TPSA) is 26.0 Å². The number of hydrogen-bond donors (Lipinski definition) is 1. The highest BCUT2D eigenvalue weighted by atomic mass is 14.5. The first-order chi connectivity index (χ1) is 5.66. The molecular formula is C11H15N. The molecule has 0 saturated carbocycles. The van der Waals surface area contributed by atoms with Crippen LogP contribution in [0.15, 0.2) is 54.5 Å². The van der Waals surface area contributed by atoms with E-state index in [1.807, 2.05) is 25.2 Å². The molecule has 0 heterocycles. The van der Waals surface area contributed by atoms with E-state index in [-0.39, 0.29) is 0 Å². The van der Waals surface area contributed by atoms with Crippen molar-refractivity contribution < 1.29 is 0 Å². The third kappa shape index (κ3) is 6.66. The highest BCUT2D eigenvalue weighted by molar-refractivity contribution is 5.17. The molecule has 12 heavy (non-hydrogen) atoms. The first-order valence-electron chi connectivity index (χ1n) is 3.81. The minimum Gasteiger partial charge on any atom is -0.399 e. The van der Waals surface area contributed by atoms with E-state index in [0.717, 1.165) is 12.0 Å². The molecule has 0 radical (unpaired) electrons. The van der Waals surface area contributed by atoms with Gasteiger partial charge >= 0.3 is 0 Å². The summed E-state index contributed by atoms with van der Waals surface area (Å²) in [6.45, 7) is 9.16. The summed E-state index contributed by atoms with van der Waals surface area (Å²) in [6.07, 6.45) is 8.08. The van der Waals surface area contributed by atoms with E-state index in [4.69, 9.17) is 5.73 Å². The van der Waals surface area contributed by atoms with Crippen LogP contribution in [-0.2, 0) is 0 Å². The molecule has 64 valence electrons. The summed E-state index contributed by atoms with van der Waals surface area (Å²) in [5, 5.41) is 0. The maximum absolute atomic E-state index is 5.32. The van der Waals surface area contributed by atoms with E-state index in [1.165, 1.54) is 0 Å². The molecule has 0 bridgehead atoms. The second-order valence-electron chi connectivity index (χ2n) is 2.52. The molecule has 0 aromatic carbocycles. The fraction of sp³-hybridized carbons (Fsp3) is 0.182. The molecule has 0 saturated heterocycles. The SMILES string of the molecule is C=CCC(C)=C=C/C=C\C(=C)N. The van der Waals surface area contributed by atoms with Gasteiger partial charge in [-0.15, -0.1) is 12.3 Å². The van der Waals surface area contributed by atoms with Crippen molar-refractivity contribution in [3.05, 3.63) is 54.5 Å². The maximum atomic E-state index is 5.32. The molecule has 0 aromatic heterocycles. The van der Waals surface area contributed by atoms with Gasteiger partial charge in [-0.2, -0.15) is 0 Å². The summed E-state index contributed by atoms with van der Waals surface area (Å²) < 4.78 is 0. The molecular weight excluding hydrogens is 146 g/mol. The second-order valence-corrected chi connectivity index (χ2v) is 2.52. The van der Waals surface area contributed by atoms with E-state index in [9.17, 15) is 0 Å². The minimum atomic E-state index is 0.550. The standard InChI is InChI=1S/C11H15N/c1-4-7-10(2)8-5-6-9-11(3)12/h4-6,9H,1,3,7,12H2,2H3/b9-6-. The fourth-order valence-electron chi connectivity index (χ4n) is 0.638. The highest BCUT2D eigenvalue weighted by Crippen LogP contribution is 1.96. The molecule has 0 spiro atoms. The van der Waals surface area contributed by atoms with Gasteiger partial charge in [0.15, 0.2) is 0 Å². The van der Waals surface area contributed by atoms with Crippen LogP contribution >= 0.6 is 0 Å². The van der Waals surface area contributed by atoms with Gasteiger partial charge in [0.25, 0.3) is 0 Å². The van der Waals surface area contributed by atoms with Gasteiger partial charge in [0.2, 0.25) is 0 Å². The van der Waals surface area contributed by atoms with Crippen LogP contribution in [0.5, 0.6) is 0 Å². The summed E-state index contributed by atoms with van der Waals surface area (Å²) >= 11 is 0. The van der Waals surface area contributed by atoms with Crippen molar-refractivity contribution in [1.82, 2.24) is 0 Å². The Morgan fingerprint density at radius 2 is 2.25 bits per heavy atom. The normalized spacial score (nSPS) is 9.08. The summed E-state index contributed by atoms with van der Waals surface area (Å²) in [7, 11) is 0. The summed E-state index contributed by atoms with van der Waals surface area (Å²) in [5.41, 5.74) is 10.1. The van der Waals surface area contributed by atoms with Crippen LogP contribution in [0.4, 0.5) is 0 Å². The Morgan fingerprint density at radius 3 is 2.75 bits per heavy atom. The molecule has 0 aliphatic carbocycles. The molecule has 2 N–H and O–H groups in total. The van der Waals surface area contributed by atoms with Crippen LogP contribution in [0.3, 0.4) is 0 Å². The van der Waals surface area contributed by atoms with Crippen LogP contribution in [0, 0.1) is 0 Å². The summed E-state index contributed by atoms with van der Waals surface area (Å²) in [5.74, 6) is 0. The Morgan fingerprint density at radius 1 is 1.58 bits per heavy atom. The number of rotatable bonds is 4. The van der Waals surface area contributed by atoms with Crippen LogP contribution < -0.4 is 5.73 Å². The molecule has 0 fully saturated rings. The average Bonchev–Trinajstić information content (AvgIpc) is 1.98. The quantitative estimate of drug-likeness (QED) is 0.383. The smallest absolute Gasteiger partial charge is 0.0241 e. The van der Waals surface area contributed by atoms with Crippen molar-refractivity contribution >= 4 is 0 Å². The average molecular weight is 161 g/mol. The zero-order valence-electron chi connectivity index (χ0n) is 7.51. The zero-order valence-corrected chi connectivity index (χ0v) is 7.51. The minimum absolute atomic E-state index is 0.550. The second kappa shape index (κ2) is 6.26. The highest BCUT2D eigenvalue weighted by Gasteiger charge is 1.77. The van der Waals surface area contributed by atoms with Gasteiger partial charge in [-0.1, -0.05) is 18.7 Å². The molecule has 0 aliphatic heterocycles. The maximum Gasteiger partial charge on any atom is 0.0241 e. The molecule has 1 heteroatoms. The Bertz CT molecular complexity index is 250. The fourth-order valence-corrected chi connectivity index (χ4v) is 0.638. The van der Waals surface area contributed by atoms with Crippen molar-refractivity contribution in [2.24, 2.45) is 5.73 Å². The van der Waals surface area contributed by atoms with Gasteiger partial charge in [0.1, 0.15) is 0 Å². The van der Waals surface area contributed by atoms with Gasteiger partial charge in [-0.25, -0.2) is 0 Å². The molecule has 0 unspecified atom stereocenters. The van der Waals surface area contributed by atoms with Crippen molar-refractivity contribution in [3.63, 3.8) is 0 Å². The summed E-state index contributed by atoms with van der Waals surface area (Å²) in [6, 6.07) is 0. The van der Waals surface area contributed by atoms with Crippen molar-refractivity contribution in [2.45, 2.75) is 13.3 Å². The molecule has 0 atom stereocenters. The van der Waals surface area contributed by atoms with Gasteiger partial charge in [0, 0.05) is 5.70 Å². The molecule has 0 aromatic rings. The van der Waals surface area contributed by atoms with Gasteiger partial charge in [-0.05, 0) is 31.1 Å². The number of allylic oxidation sites excluding steroid dienone is 4. The van der Waals surface area contributed by atoms with E-state index in [0.29, 0.717) is 5.70 Å². The van der Waals surface area contributed by atoms with Crippen molar-refractivity contribution in [2.75, 3.05) is 0 Å². The third-order valence-electron chi connectivity index (χ3n) is 1.19. The van der Waals surface area contributed by atoms with Gasteiger partial charge in [0.05, 0.1) is 0 Å². The molecule has 1 nitrogen and oxygen atoms in total. The van der Waals surface area contributed by atoms with Crippen LogP contribution in [-0.4, -0.2) is 0 Å². The summed E-state index contributed by atoms with van der Waals surface area (Å²) in [4.78, 5) is 0. The number of hydrogen-bond acceptors (Lipinski definition) is 1. The van der Waals surface area contributed by atoms with Crippen LogP contribution in [0.1, 0.15) is 13.3 Å². The largest absolute Gasteiger partial charge is 0.399 e. The van der Waals surface area contributed by atoms with Gasteiger partial charge in [-0.3, -0.25) is 0 Å². The number of nitrogens with two attached hydrogens (primary N) is 1. The Balaban J connectivity index is 4.12. The molecule has 0 aliphatic rings. The lowest BCUT2D eigenvalue weighted by Gasteiger charge is -1.85. The Hall–Kier alpha value is -1.46. The lowest BCUT2D eigenvalue weighted by molar-refractivity contribution is 1.23. The lowest BCUT2D eigenvalue weighted by atomic mass is 10.2. The monoisotopic (exact) mass is 161 g/mol. The third-order valence-corrected chi connectivity index (χ3v) is 1.19.